The average Bonchev–Trinajstić information content (AvgIpc) is 2.65. The van der Waals surface area contributed by atoms with Crippen LogP contribution >= 0.6 is 11.6 Å². The van der Waals surface area contributed by atoms with Crippen LogP contribution in [0.2, 0.25) is 5.02 Å². The van der Waals surface area contributed by atoms with Crippen LogP contribution in [0.25, 0.3) is 28.1 Å². The molecule has 0 radical (unpaired) electrons. The zero-order valence-electron chi connectivity index (χ0n) is 16.1. The zero-order chi connectivity index (χ0) is 20.4. The lowest BCUT2D eigenvalue weighted by Crippen LogP contribution is -2.21. The predicted molar refractivity (Wildman–Crippen MR) is 114 cm³/mol. The van der Waals surface area contributed by atoms with Crippen molar-refractivity contribution < 1.29 is 14.6 Å². The Balaban J connectivity index is 2.39. The number of nitrogens with zero attached hydrogens (tertiary/aromatic N) is 1. The van der Waals surface area contributed by atoms with Gasteiger partial charge in [-0.1, -0.05) is 48.5 Å². The van der Waals surface area contributed by atoms with Gasteiger partial charge in [-0.25, -0.2) is 4.79 Å². The van der Waals surface area contributed by atoms with E-state index in [1.807, 2.05) is 57.2 Å². The molecule has 0 aliphatic rings. The van der Waals surface area contributed by atoms with Crippen LogP contribution in [-0.4, -0.2) is 22.2 Å². The number of aliphatic carboxylic acids is 1. The van der Waals surface area contributed by atoms with Gasteiger partial charge in [0.05, 0.1) is 11.6 Å². The number of ether oxygens (including phenoxy) is 1. The first-order chi connectivity index (χ1) is 13.3. The van der Waals surface area contributed by atoms with Crippen molar-refractivity contribution in [3.63, 3.8) is 0 Å². The lowest BCUT2D eigenvalue weighted by Gasteiger charge is -2.23. The van der Waals surface area contributed by atoms with Gasteiger partial charge in [0, 0.05) is 21.7 Å². The maximum Gasteiger partial charge on any atom is 0.337 e. The molecule has 2 aromatic carbocycles. The van der Waals surface area contributed by atoms with Crippen molar-refractivity contribution in [3.8, 4) is 11.1 Å². The molecule has 0 fully saturated rings. The first-order valence-corrected chi connectivity index (χ1v) is 9.40. The summed E-state index contributed by atoms with van der Waals surface area (Å²) >= 11 is 6.26. The van der Waals surface area contributed by atoms with Gasteiger partial charge in [0.1, 0.15) is 0 Å². The summed E-state index contributed by atoms with van der Waals surface area (Å²) in [6.07, 6.45) is 0.371. The van der Waals surface area contributed by atoms with Gasteiger partial charge >= 0.3 is 5.97 Å². The maximum atomic E-state index is 12.1. The fourth-order valence-electron chi connectivity index (χ4n) is 3.31. The van der Waals surface area contributed by atoms with E-state index in [1.54, 1.807) is 12.1 Å². The monoisotopic (exact) mass is 395 g/mol. The number of aromatic nitrogens is 1. The molecule has 144 valence electrons. The van der Waals surface area contributed by atoms with E-state index in [1.165, 1.54) is 0 Å². The summed E-state index contributed by atoms with van der Waals surface area (Å²) < 4.78 is 5.78. The number of carboxylic acids is 1. The second kappa shape index (κ2) is 8.13. The van der Waals surface area contributed by atoms with E-state index in [2.05, 4.69) is 11.6 Å². The molecule has 1 aromatic heterocycles. The number of aryl methyl sites for hydroxylation is 1. The fourth-order valence-corrected chi connectivity index (χ4v) is 3.48. The SMILES string of the molecule is C=Cc1ccc(-c2c(C(OC(C)C)C(=O)O)c(C)nc3ccc(Cl)cc23)cc1. The Bertz CT molecular complexity index is 1040. The smallest absolute Gasteiger partial charge is 0.337 e. The quantitative estimate of drug-likeness (QED) is 0.551. The molecule has 4 nitrogen and oxygen atoms in total. The van der Waals surface area contributed by atoms with E-state index in [-0.39, 0.29) is 6.10 Å². The normalized spacial score (nSPS) is 12.3. The Morgan fingerprint density at radius 2 is 1.89 bits per heavy atom. The van der Waals surface area contributed by atoms with Crippen LogP contribution in [0.3, 0.4) is 0 Å². The molecular weight excluding hydrogens is 374 g/mol. The molecule has 1 heterocycles. The number of hydrogen-bond acceptors (Lipinski definition) is 3. The highest BCUT2D eigenvalue weighted by Gasteiger charge is 2.29. The number of fused-ring (bicyclic) bond motifs is 1. The summed E-state index contributed by atoms with van der Waals surface area (Å²) in [4.78, 5) is 16.7. The zero-order valence-corrected chi connectivity index (χ0v) is 16.8. The molecule has 0 spiro atoms. The lowest BCUT2D eigenvalue weighted by molar-refractivity contribution is -0.153. The molecule has 0 aliphatic heterocycles. The first kappa shape index (κ1) is 20.1. The third-order valence-electron chi connectivity index (χ3n) is 4.51. The van der Waals surface area contributed by atoms with Crippen LogP contribution in [0.4, 0.5) is 0 Å². The molecule has 1 N–H and O–H groups in total. The molecule has 0 bridgehead atoms. The molecule has 0 aliphatic carbocycles. The summed E-state index contributed by atoms with van der Waals surface area (Å²) in [6, 6.07) is 13.2. The Morgan fingerprint density at radius 3 is 2.46 bits per heavy atom. The Labute approximate surface area is 169 Å². The number of hydrogen-bond donors (Lipinski definition) is 1. The second-order valence-corrected chi connectivity index (χ2v) is 7.31. The van der Waals surface area contributed by atoms with Crippen LogP contribution in [0.1, 0.15) is 36.8 Å². The molecule has 28 heavy (non-hydrogen) atoms. The highest BCUT2D eigenvalue weighted by atomic mass is 35.5. The second-order valence-electron chi connectivity index (χ2n) is 6.88. The fraction of sp³-hybridized carbons (Fsp3) is 0.217. The number of benzene rings is 2. The van der Waals surface area contributed by atoms with Gasteiger partial charge in [-0.2, -0.15) is 0 Å². The number of rotatable bonds is 6. The minimum Gasteiger partial charge on any atom is -0.479 e. The summed E-state index contributed by atoms with van der Waals surface area (Å²) in [5, 5.41) is 11.2. The van der Waals surface area contributed by atoms with E-state index in [0.717, 1.165) is 27.6 Å². The molecule has 1 unspecified atom stereocenters. The number of carboxylic acid groups (broad SMARTS) is 1. The third-order valence-corrected chi connectivity index (χ3v) is 4.74. The average molecular weight is 396 g/mol. The molecule has 0 saturated carbocycles. The van der Waals surface area contributed by atoms with Gasteiger partial charge in [-0.05, 0) is 55.7 Å². The van der Waals surface area contributed by atoms with Crippen LogP contribution in [0.5, 0.6) is 0 Å². The van der Waals surface area contributed by atoms with Crippen LogP contribution in [0.15, 0.2) is 49.0 Å². The Morgan fingerprint density at radius 1 is 1.21 bits per heavy atom. The van der Waals surface area contributed by atoms with Crippen molar-refractivity contribution >= 4 is 34.5 Å². The van der Waals surface area contributed by atoms with Crippen molar-refractivity contribution in [1.82, 2.24) is 4.98 Å². The lowest BCUT2D eigenvalue weighted by atomic mass is 9.90. The van der Waals surface area contributed by atoms with Gasteiger partial charge in [-0.15, -0.1) is 0 Å². The van der Waals surface area contributed by atoms with E-state index in [0.29, 0.717) is 16.3 Å². The molecule has 3 aromatic rings. The van der Waals surface area contributed by atoms with Gasteiger partial charge in [0.2, 0.25) is 0 Å². The topological polar surface area (TPSA) is 59.4 Å². The van der Waals surface area contributed by atoms with E-state index < -0.39 is 12.1 Å². The van der Waals surface area contributed by atoms with E-state index in [9.17, 15) is 9.90 Å². The minimum atomic E-state index is -1.13. The van der Waals surface area contributed by atoms with Gasteiger partial charge in [0.15, 0.2) is 6.10 Å². The van der Waals surface area contributed by atoms with Crippen molar-refractivity contribution in [1.29, 1.82) is 0 Å². The van der Waals surface area contributed by atoms with Crippen LogP contribution < -0.4 is 0 Å². The first-order valence-electron chi connectivity index (χ1n) is 9.02. The van der Waals surface area contributed by atoms with Gasteiger partial charge in [0.25, 0.3) is 0 Å². The molecular formula is C23H22ClNO3. The van der Waals surface area contributed by atoms with Crippen LogP contribution in [0, 0.1) is 6.92 Å². The number of halogens is 1. The van der Waals surface area contributed by atoms with E-state index >= 15 is 0 Å². The summed E-state index contributed by atoms with van der Waals surface area (Å²) in [5.41, 5.74) is 4.53. The van der Waals surface area contributed by atoms with Crippen molar-refractivity contribution in [2.45, 2.75) is 33.0 Å². The molecule has 3 rings (SSSR count). The van der Waals surface area contributed by atoms with Crippen LogP contribution in [-0.2, 0) is 9.53 Å². The van der Waals surface area contributed by atoms with Gasteiger partial charge < -0.3 is 9.84 Å². The van der Waals surface area contributed by atoms with Crippen molar-refractivity contribution in [2.24, 2.45) is 0 Å². The third kappa shape index (κ3) is 3.93. The number of pyridine rings is 1. The Kier molecular flexibility index (Phi) is 5.82. The summed E-state index contributed by atoms with van der Waals surface area (Å²) in [5.74, 6) is -1.05. The molecule has 1 atom stereocenters. The predicted octanol–water partition coefficient (Wildman–Crippen LogP) is 6.06. The molecule has 0 saturated heterocycles. The maximum absolute atomic E-state index is 12.1. The van der Waals surface area contributed by atoms with Crippen molar-refractivity contribution in [2.75, 3.05) is 0 Å². The molecule has 0 amide bonds. The van der Waals surface area contributed by atoms with Gasteiger partial charge in [-0.3, -0.25) is 4.98 Å². The highest BCUT2D eigenvalue weighted by Crippen LogP contribution is 2.39. The standard InChI is InChI=1S/C23H22ClNO3/c1-5-15-6-8-16(9-7-15)21-18-12-17(24)10-11-19(18)25-14(4)20(21)22(23(26)27)28-13(2)3/h5-13,22H,1H2,2-4H3,(H,26,27). The van der Waals surface area contributed by atoms with E-state index in [4.69, 9.17) is 16.3 Å². The summed E-state index contributed by atoms with van der Waals surface area (Å²) in [6.45, 7) is 9.22. The summed E-state index contributed by atoms with van der Waals surface area (Å²) in [7, 11) is 0. The van der Waals surface area contributed by atoms with Crippen molar-refractivity contribution in [3.05, 3.63) is 70.9 Å². The highest BCUT2D eigenvalue weighted by molar-refractivity contribution is 6.31. The Hall–Kier alpha value is -2.69. The number of carbonyl (C=O) groups is 1. The molecule has 5 heteroatoms. The largest absolute Gasteiger partial charge is 0.479 e. The minimum absolute atomic E-state index is 0.258.